The Morgan fingerprint density at radius 2 is 2.16 bits per heavy atom. The van der Waals surface area contributed by atoms with E-state index in [1.54, 1.807) is 6.26 Å². The average Bonchev–Trinajstić information content (AvgIpc) is 2.71. The van der Waals surface area contributed by atoms with Crippen LogP contribution in [-0.4, -0.2) is 23.0 Å². The van der Waals surface area contributed by atoms with Crippen LogP contribution in [-0.2, 0) is 0 Å². The molecule has 19 heavy (non-hydrogen) atoms. The van der Waals surface area contributed by atoms with Crippen molar-refractivity contribution in [1.29, 1.82) is 0 Å². The van der Waals surface area contributed by atoms with Gasteiger partial charge in [0.05, 0.1) is 12.3 Å². The molecule has 4 nitrogen and oxygen atoms in total. The van der Waals surface area contributed by atoms with Crippen molar-refractivity contribution >= 4 is 6.03 Å². The van der Waals surface area contributed by atoms with Gasteiger partial charge in [0.15, 0.2) is 0 Å². The Morgan fingerprint density at radius 3 is 2.79 bits per heavy atom. The lowest BCUT2D eigenvalue weighted by Gasteiger charge is -2.32. The average molecular weight is 264 g/mol. The largest absolute Gasteiger partial charge is 0.467 e. The molecule has 106 valence electrons. The number of furan rings is 1. The fourth-order valence-corrected chi connectivity index (χ4v) is 2.52. The van der Waals surface area contributed by atoms with E-state index >= 15 is 0 Å². The van der Waals surface area contributed by atoms with Crippen LogP contribution in [0.5, 0.6) is 0 Å². The Hall–Kier alpha value is -1.45. The van der Waals surface area contributed by atoms with Crippen molar-refractivity contribution in [3.8, 4) is 0 Å². The molecule has 0 bridgehead atoms. The maximum atomic E-state index is 12.4. The van der Waals surface area contributed by atoms with Crippen molar-refractivity contribution in [3.05, 3.63) is 24.2 Å². The number of nitrogens with zero attached hydrogens (tertiary/aromatic N) is 1. The molecule has 1 aromatic heterocycles. The Labute approximate surface area is 115 Å². The number of likely N-dealkylation sites (tertiary alicyclic amines) is 1. The maximum absolute atomic E-state index is 12.4. The Bertz CT molecular complexity index is 406. The number of carbonyl (C=O) groups is 1. The number of hydrogen-bond acceptors (Lipinski definition) is 2. The molecule has 1 fully saturated rings. The van der Waals surface area contributed by atoms with Crippen LogP contribution in [0.3, 0.4) is 0 Å². The third-order valence-electron chi connectivity index (χ3n) is 3.37. The number of nitrogens with one attached hydrogen (secondary N) is 1. The van der Waals surface area contributed by atoms with Gasteiger partial charge in [-0.25, -0.2) is 4.79 Å². The molecular weight excluding hydrogens is 240 g/mol. The standard InChI is InChI=1S/C15H24N2O2/c1-15(2,3)16-14(18)17-10-6-4-5-8-12(17)13-9-7-11-19-13/h7,9,11-12H,4-6,8,10H2,1-3H3,(H,16,18)/t12-/m1/s1. The molecule has 2 rings (SSSR count). The summed E-state index contributed by atoms with van der Waals surface area (Å²) >= 11 is 0. The van der Waals surface area contributed by atoms with Gasteiger partial charge in [-0.2, -0.15) is 0 Å². The summed E-state index contributed by atoms with van der Waals surface area (Å²) in [7, 11) is 0. The minimum atomic E-state index is -0.211. The molecule has 1 atom stereocenters. The minimum Gasteiger partial charge on any atom is -0.467 e. The van der Waals surface area contributed by atoms with Gasteiger partial charge >= 0.3 is 6.03 Å². The SMILES string of the molecule is CC(C)(C)NC(=O)N1CCCCC[C@@H]1c1ccco1. The topological polar surface area (TPSA) is 45.5 Å². The van der Waals surface area contributed by atoms with Gasteiger partial charge in [-0.05, 0) is 45.7 Å². The first-order valence-corrected chi connectivity index (χ1v) is 7.09. The smallest absolute Gasteiger partial charge is 0.318 e. The number of amides is 2. The van der Waals surface area contributed by atoms with Gasteiger partial charge in [-0.3, -0.25) is 0 Å². The normalized spacial score (nSPS) is 21.0. The molecule has 1 N–H and O–H groups in total. The van der Waals surface area contributed by atoms with Crippen LogP contribution in [0.2, 0.25) is 0 Å². The van der Waals surface area contributed by atoms with E-state index in [2.05, 4.69) is 5.32 Å². The zero-order valence-electron chi connectivity index (χ0n) is 12.1. The highest BCUT2D eigenvalue weighted by molar-refractivity contribution is 5.75. The van der Waals surface area contributed by atoms with Crippen LogP contribution in [0.25, 0.3) is 0 Å². The fourth-order valence-electron chi connectivity index (χ4n) is 2.52. The Kier molecular flexibility index (Phi) is 4.17. The second kappa shape index (κ2) is 5.68. The monoisotopic (exact) mass is 264 g/mol. The van der Waals surface area contributed by atoms with Gasteiger partial charge in [0.25, 0.3) is 0 Å². The quantitative estimate of drug-likeness (QED) is 0.840. The lowest BCUT2D eigenvalue weighted by molar-refractivity contribution is 0.158. The first-order chi connectivity index (χ1) is 8.97. The van der Waals surface area contributed by atoms with E-state index in [9.17, 15) is 4.79 Å². The zero-order valence-corrected chi connectivity index (χ0v) is 12.1. The predicted octanol–water partition coefficient (Wildman–Crippen LogP) is 3.70. The summed E-state index contributed by atoms with van der Waals surface area (Å²) in [5.74, 6) is 0.894. The Morgan fingerprint density at radius 1 is 1.37 bits per heavy atom. The second-order valence-electron chi connectivity index (χ2n) is 6.25. The van der Waals surface area contributed by atoms with Gasteiger partial charge in [-0.1, -0.05) is 12.8 Å². The van der Waals surface area contributed by atoms with E-state index in [4.69, 9.17) is 4.42 Å². The summed E-state index contributed by atoms with van der Waals surface area (Å²) in [6.07, 6.45) is 6.04. The molecule has 0 radical (unpaired) electrons. The van der Waals surface area contributed by atoms with Gasteiger partial charge in [0.1, 0.15) is 5.76 Å². The zero-order chi connectivity index (χ0) is 13.9. The summed E-state index contributed by atoms with van der Waals surface area (Å²) in [5, 5.41) is 3.05. The third-order valence-corrected chi connectivity index (χ3v) is 3.37. The molecule has 2 heterocycles. The molecule has 2 amide bonds. The predicted molar refractivity (Wildman–Crippen MR) is 74.9 cm³/mol. The van der Waals surface area contributed by atoms with Crippen LogP contribution in [0.1, 0.15) is 58.3 Å². The van der Waals surface area contributed by atoms with Crippen LogP contribution >= 0.6 is 0 Å². The molecule has 0 aliphatic carbocycles. The molecule has 0 aromatic carbocycles. The van der Waals surface area contributed by atoms with Gasteiger partial charge in [0, 0.05) is 12.1 Å². The van der Waals surface area contributed by atoms with Crippen molar-refractivity contribution in [2.75, 3.05) is 6.54 Å². The molecule has 1 aromatic rings. The van der Waals surface area contributed by atoms with Crippen LogP contribution in [0.15, 0.2) is 22.8 Å². The van der Waals surface area contributed by atoms with E-state index in [1.807, 2.05) is 37.8 Å². The molecule has 1 aliphatic heterocycles. The lowest BCUT2D eigenvalue weighted by atomic mass is 10.1. The number of hydrogen-bond donors (Lipinski definition) is 1. The number of carbonyl (C=O) groups excluding carboxylic acids is 1. The summed E-state index contributed by atoms with van der Waals surface area (Å²) in [6, 6.07) is 3.93. The molecular formula is C15H24N2O2. The highest BCUT2D eigenvalue weighted by Gasteiger charge is 2.30. The number of rotatable bonds is 1. The van der Waals surface area contributed by atoms with Crippen molar-refractivity contribution in [2.45, 2.75) is 58.0 Å². The lowest BCUT2D eigenvalue weighted by Crippen LogP contribution is -2.49. The van der Waals surface area contributed by atoms with E-state index < -0.39 is 0 Å². The molecule has 4 heteroatoms. The molecule has 1 saturated heterocycles. The maximum Gasteiger partial charge on any atom is 0.318 e. The first kappa shape index (κ1) is 14.0. The van der Waals surface area contributed by atoms with E-state index in [0.717, 1.165) is 31.6 Å². The fraction of sp³-hybridized carbons (Fsp3) is 0.667. The van der Waals surface area contributed by atoms with E-state index in [-0.39, 0.29) is 17.6 Å². The summed E-state index contributed by atoms with van der Waals surface area (Å²) < 4.78 is 5.52. The van der Waals surface area contributed by atoms with E-state index in [0.29, 0.717) is 0 Å². The molecule has 0 spiro atoms. The highest BCUT2D eigenvalue weighted by atomic mass is 16.3. The molecule has 0 unspecified atom stereocenters. The first-order valence-electron chi connectivity index (χ1n) is 7.09. The molecule has 1 aliphatic rings. The van der Waals surface area contributed by atoms with Crippen LogP contribution in [0, 0.1) is 0 Å². The van der Waals surface area contributed by atoms with Crippen molar-refractivity contribution in [2.24, 2.45) is 0 Å². The van der Waals surface area contributed by atoms with Crippen LogP contribution < -0.4 is 5.32 Å². The Balaban J connectivity index is 2.15. The van der Waals surface area contributed by atoms with E-state index in [1.165, 1.54) is 6.42 Å². The molecule has 0 saturated carbocycles. The van der Waals surface area contributed by atoms with Gasteiger partial charge < -0.3 is 14.6 Å². The summed E-state index contributed by atoms with van der Waals surface area (Å²) in [6.45, 7) is 6.81. The van der Waals surface area contributed by atoms with Gasteiger partial charge in [0.2, 0.25) is 0 Å². The van der Waals surface area contributed by atoms with Crippen LogP contribution in [0.4, 0.5) is 4.79 Å². The summed E-state index contributed by atoms with van der Waals surface area (Å²) in [5.41, 5.74) is -0.211. The van der Waals surface area contributed by atoms with Crippen molar-refractivity contribution < 1.29 is 9.21 Å². The minimum absolute atomic E-state index is 0.0100. The number of urea groups is 1. The van der Waals surface area contributed by atoms with Crippen molar-refractivity contribution in [3.63, 3.8) is 0 Å². The van der Waals surface area contributed by atoms with Gasteiger partial charge in [-0.15, -0.1) is 0 Å². The highest BCUT2D eigenvalue weighted by Crippen LogP contribution is 2.30. The summed E-state index contributed by atoms with van der Waals surface area (Å²) in [4.78, 5) is 14.4. The third kappa shape index (κ3) is 3.75. The second-order valence-corrected chi connectivity index (χ2v) is 6.25. The van der Waals surface area contributed by atoms with Crippen molar-refractivity contribution in [1.82, 2.24) is 10.2 Å².